The molecule has 1 aromatic heterocycles. The average molecular weight is 242 g/mol. The van der Waals surface area contributed by atoms with E-state index in [0.29, 0.717) is 10.9 Å². The predicted molar refractivity (Wildman–Crippen MR) is 55.6 cm³/mol. The van der Waals surface area contributed by atoms with Crippen molar-refractivity contribution in [3.05, 3.63) is 35.6 Å². The molecular formula is C12H9F3O2. The van der Waals surface area contributed by atoms with E-state index in [1.165, 1.54) is 25.3 Å². The number of para-hydroxylation sites is 1. The Kier molecular flexibility index (Phi) is 2.69. The lowest BCUT2D eigenvalue weighted by Gasteiger charge is -2.06. The van der Waals surface area contributed by atoms with Crippen LogP contribution < -0.4 is 0 Å². The van der Waals surface area contributed by atoms with E-state index in [1.54, 1.807) is 0 Å². The van der Waals surface area contributed by atoms with Crippen molar-refractivity contribution < 1.29 is 22.4 Å². The molecule has 0 aliphatic heterocycles. The van der Waals surface area contributed by atoms with E-state index in [2.05, 4.69) is 0 Å². The number of furan rings is 1. The molecule has 0 N–H and O–H groups in total. The molecule has 0 atom stereocenters. The molecule has 0 fully saturated rings. The Balaban J connectivity index is 2.61. The summed E-state index contributed by atoms with van der Waals surface area (Å²) in [6.07, 6.45) is -3.17. The predicted octanol–water partition coefficient (Wildman–Crippen LogP) is 3.58. The van der Waals surface area contributed by atoms with Crippen molar-refractivity contribution in [1.29, 1.82) is 0 Å². The molecule has 0 saturated carbocycles. The van der Waals surface area contributed by atoms with E-state index >= 15 is 0 Å². The fourth-order valence-corrected chi connectivity index (χ4v) is 1.74. The van der Waals surface area contributed by atoms with Gasteiger partial charge in [0.1, 0.15) is 11.4 Å². The molecule has 0 amide bonds. The van der Waals surface area contributed by atoms with Crippen molar-refractivity contribution in [1.82, 2.24) is 0 Å². The SMILES string of the molecule is CC(=O)Cc1coc2c(C(F)(F)F)cccc12. The van der Waals surface area contributed by atoms with Crippen molar-refractivity contribution in [3.8, 4) is 0 Å². The van der Waals surface area contributed by atoms with Crippen LogP contribution in [0.3, 0.4) is 0 Å². The van der Waals surface area contributed by atoms with Gasteiger partial charge in [0.2, 0.25) is 0 Å². The van der Waals surface area contributed by atoms with Gasteiger partial charge in [-0.3, -0.25) is 4.79 Å². The fraction of sp³-hybridized carbons (Fsp3) is 0.250. The van der Waals surface area contributed by atoms with Crippen molar-refractivity contribution >= 4 is 16.8 Å². The zero-order valence-electron chi connectivity index (χ0n) is 8.97. The van der Waals surface area contributed by atoms with E-state index in [1.807, 2.05) is 0 Å². The van der Waals surface area contributed by atoms with Gasteiger partial charge in [-0.15, -0.1) is 0 Å². The fourth-order valence-electron chi connectivity index (χ4n) is 1.74. The molecule has 2 rings (SSSR count). The Bertz CT molecular complexity index is 567. The van der Waals surface area contributed by atoms with Crippen LogP contribution in [0.15, 0.2) is 28.9 Å². The number of carbonyl (C=O) groups excluding carboxylic acids is 1. The zero-order valence-corrected chi connectivity index (χ0v) is 8.97. The topological polar surface area (TPSA) is 30.2 Å². The first-order valence-corrected chi connectivity index (χ1v) is 4.95. The maximum Gasteiger partial charge on any atom is 0.420 e. The number of hydrogen-bond donors (Lipinski definition) is 0. The molecule has 17 heavy (non-hydrogen) atoms. The van der Waals surface area contributed by atoms with Gasteiger partial charge in [0.25, 0.3) is 0 Å². The van der Waals surface area contributed by atoms with Gasteiger partial charge >= 0.3 is 6.18 Å². The molecular weight excluding hydrogens is 233 g/mol. The number of hydrogen-bond acceptors (Lipinski definition) is 2. The van der Waals surface area contributed by atoms with Gasteiger partial charge < -0.3 is 4.42 Å². The molecule has 2 aromatic rings. The summed E-state index contributed by atoms with van der Waals surface area (Å²) in [6, 6.07) is 3.79. The molecule has 1 heterocycles. The second-order valence-corrected chi connectivity index (χ2v) is 3.82. The first-order chi connectivity index (χ1) is 7.89. The van der Waals surface area contributed by atoms with E-state index in [4.69, 9.17) is 4.42 Å². The third-order valence-electron chi connectivity index (χ3n) is 2.42. The molecule has 90 valence electrons. The Morgan fingerprint density at radius 2 is 2.06 bits per heavy atom. The van der Waals surface area contributed by atoms with Gasteiger partial charge in [0, 0.05) is 17.4 Å². The van der Waals surface area contributed by atoms with E-state index in [9.17, 15) is 18.0 Å². The van der Waals surface area contributed by atoms with Gasteiger partial charge in [-0.05, 0) is 13.0 Å². The van der Waals surface area contributed by atoms with Gasteiger partial charge in [0.05, 0.1) is 11.8 Å². The lowest BCUT2D eigenvalue weighted by Crippen LogP contribution is -2.05. The van der Waals surface area contributed by atoms with E-state index in [0.717, 1.165) is 6.07 Å². The largest absolute Gasteiger partial charge is 0.463 e. The molecule has 0 saturated heterocycles. The number of halogens is 3. The minimum absolute atomic E-state index is 0.0777. The highest BCUT2D eigenvalue weighted by molar-refractivity contribution is 5.89. The van der Waals surface area contributed by atoms with Crippen LogP contribution in [0.4, 0.5) is 13.2 Å². The Labute approximate surface area is 95.0 Å². The van der Waals surface area contributed by atoms with Gasteiger partial charge in [-0.2, -0.15) is 13.2 Å². The maximum atomic E-state index is 12.7. The van der Waals surface area contributed by atoms with Crippen LogP contribution in [-0.4, -0.2) is 5.78 Å². The summed E-state index contributed by atoms with van der Waals surface area (Å²) in [5.41, 5.74) is -0.542. The zero-order chi connectivity index (χ0) is 12.6. The summed E-state index contributed by atoms with van der Waals surface area (Å²) in [7, 11) is 0. The molecule has 1 aromatic carbocycles. The highest BCUT2D eigenvalue weighted by Gasteiger charge is 2.34. The average Bonchev–Trinajstić information content (AvgIpc) is 2.59. The molecule has 2 nitrogen and oxygen atoms in total. The number of rotatable bonds is 2. The number of benzene rings is 1. The third-order valence-corrected chi connectivity index (χ3v) is 2.42. The first-order valence-electron chi connectivity index (χ1n) is 4.95. The number of ketones is 1. The van der Waals surface area contributed by atoms with Gasteiger partial charge in [-0.25, -0.2) is 0 Å². The summed E-state index contributed by atoms with van der Waals surface area (Å²) in [5, 5.41) is 0.343. The lowest BCUT2D eigenvalue weighted by molar-refractivity contribution is -0.136. The van der Waals surface area contributed by atoms with Crippen molar-refractivity contribution in [2.75, 3.05) is 0 Å². The van der Waals surface area contributed by atoms with Crippen LogP contribution in [-0.2, 0) is 17.4 Å². The molecule has 0 bridgehead atoms. The van der Waals surface area contributed by atoms with Crippen LogP contribution >= 0.6 is 0 Å². The summed E-state index contributed by atoms with van der Waals surface area (Å²) in [6.45, 7) is 1.38. The molecule has 0 aliphatic carbocycles. The first kappa shape index (κ1) is 11.7. The second kappa shape index (κ2) is 3.91. The third kappa shape index (κ3) is 2.18. The van der Waals surface area contributed by atoms with Crippen molar-refractivity contribution in [2.45, 2.75) is 19.5 Å². The highest BCUT2D eigenvalue weighted by Crippen LogP contribution is 2.36. The summed E-state index contributed by atoms with van der Waals surface area (Å²) >= 11 is 0. The molecule has 0 unspecified atom stereocenters. The summed E-state index contributed by atoms with van der Waals surface area (Å²) in [5.74, 6) is -0.120. The molecule has 5 heteroatoms. The smallest absolute Gasteiger partial charge is 0.420 e. The monoisotopic (exact) mass is 242 g/mol. The number of fused-ring (bicyclic) bond motifs is 1. The van der Waals surface area contributed by atoms with Gasteiger partial charge in [-0.1, -0.05) is 12.1 Å². The Hall–Kier alpha value is -1.78. The van der Waals surface area contributed by atoms with Gasteiger partial charge in [0.15, 0.2) is 0 Å². The Morgan fingerprint density at radius 3 is 2.65 bits per heavy atom. The minimum atomic E-state index is -4.45. The number of alkyl halides is 3. The summed E-state index contributed by atoms with van der Waals surface area (Å²) in [4.78, 5) is 11.0. The van der Waals surface area contributed by atoms with Crippen LogP contribution in [0.1, 0.15) is 18.1 Å². The van der Waals surface area contributed by atoms with Crippen LogP contribution in [0, 0.1) is 0 Å². The summed E-state index contributed by atoms with van der Waals surface area (Å²) < 4.78 is 42.9. The molecule has 0 radical (unpaired) electrons. The minimum Gasteiger partial charge on any atom is -0.463 e. The van der Waals surface area contributed by atoms with E-state index < -0.39 is 11.7 Å². The highest BCUT2D eigenvalue weighted by atomic mass is 19.4. The van der Waals surface area contributed by atoms with Crippen molar-refractivity contribution in [3.63, 3.8) is 0 Å². The van der Waals surface area contributed by atoms with Crippen molar-refractivity contribution in [2.24, 2.45) is 0 Å². The second-order valence-electron chi connectivity index (χ2n) is 3.82. The van der Waals surface area contributed by atoms with E-state index in [-0.39, 0.29) is 17.8 Å². The lowest BCUT2D eigenvalue weighted by atomic mass is 10.1. The van der Waals surface area contributed by atoms with Crippen LogP contribution in [0.25, 0.3) is 11.0 Å². The number of Topliss-reactive ketones (excluding diaryl/α,β-unsaturated/α-hetero) is 1. The standard InChI is InChI=1S/C12H9F3O2/c1-7(16)5-8-6-17-11-9(8)3-2-4-10(11)12(13,14)15/h2-4,6H,5H2,1H3. The quantitative estimate of drug-likeness (QED) is 0.805. The maximum absolute atomic E-state index is 12.7. The molecule has 0 aliphatic rings. The van der Waals surface area contributed by atoms with Crippen LogP contribution in [0.2, 0.25) is 0 Å². The normalized spacial score (nSPS) is 12.0. The van der Waals surface area contributed by atoms with Crippen LogP contribution in [0.5, 0.6) is 0 Å². The Morgan fingerprint density at radius 1 is 1.35 bits per heavy atom. The molecule has 0 spiro atoms. The number of carbonyl (C=O) groups is 1.